The van der Waals surface area contributed by atoms with Crippen molar-refractivity contribution >= 4 is 7.12 Å². The summed E-state index contributed by atoms with van der Waals surface area (Å²) in [6.45, 7) is 2.21. The molecule has 0 aromatic heterocycles. The molecule has 0 bridgehead atoms. The molecule has 0 fully saturated rings. The van der Waals surface area contributed by atoms with Crippen LogP contribution in [0.25, 0.3) is 0 Å². The Morgan fingerprint density at radius 1 is 1.19 bits per heavy atom. The van der Waals surface area contributed by atoms with Gasteiger partial charge in [0.15, 0.2) is 0 Å². The lowest BCUT2D eigenvalue weighted by Gasteiger charge is -2.00. The van der Waals surface area contributed by atoms with Gasteiger partial charge >= 0.3 is 7.12 Å². The molecule has 0 saturated carbocycles. The van der Waals surface area contributed by atoms with Crippen LogP contribution in [-0.2, 0) is 0 Å². The van der Waals surface area contributed by atoms with Gasteiger partial charge in [-0.15, -0.1) is 0 Å². The van der Waals surface area contributed by atoms with Crippen LogP contribution in [0.5, 0.6) is 0 Å². The fourth-order valence-corrected chi connectivity index (χ4v) is 1.80. The van der Waals surface area contributed by atoms with Crippen LogP contribution in [0.3, 0.4) is 0 Å². The zero-order chi connectivity index (χ0) is 11.8. The number of unbranched alkanes of at least 4 members (excludes halogenated alkanes) is 3. The van der Waals surface area contributed by atoms with Crippen molar-refractivity contribution in [1.82, 2.24) is 0 Å². The zero-order valence-electron chi connectivity index (χ0n) is 10.0. The molecule has 0 aliphatic heterocycles. The van der Waals surface area contributed by atoms with Crippen LogP contribution in [0, 0.1) is 0 Å². The Bertz CT molecular complexity index is 290. The maximum atomic E-state index is 9.06. The Morgan fingerprint density at radius 2 is 2.00 bits per heavy atom. The minimum absolute atomic E-state index is 0.632. The number of rotatable bonds is 6. The van der Waals surface area contributed by atoms with Gasteiger partial charge in [0.1, 0.15) is 0 Å². The maximum Gasteiger partial charge on any atom is 0.484 e. The molecule has 16 heavy (non-hydrogen) atoms. The second kappa shape index (κ2) is 7.47. The predicted molar refractivity (Wildman–Crippen MR) is 68.9 cm³/mol. The third-order valence-electron chi connectivity index (χ3n) is 2.85. The summed E-state index contributed by atoms with van der Waals surface area (Å²) in [4.78, 5) is 0. The highest BCUT2D eigenvalue weighted by Crippen LogP contribution is 2.17. The van der Waals surface area contributed by atoms with Crippen molar-refractivity contribution in [1.29, 1.82) is 0 Å². The van der Waals surface area contributed by atoms with E-state index in [-0.39, 0.29) is 0 Å². The summed E-state index contributed by atoms with van der Waals surface area (Å²) in [5.41, 5.74) is 1.95. The van der Waals surface area contributed by atoms with Crippen molar-refractivity contribution in [2.45, 2.75) is 45.4 Å². The molecule has 0 unspecified atom stereocenters. The van der Waals surface area contributed by atoms with Gasteiger partial charge < -0.3 is 10.0 Å². The summed E-state index contributed by atoms with van der Waals surface area (Å²) in [6, 6.07) is 0. The summed E-state index contributed by atoms with van der Waals surface area (Å²) < 4.78 is 0. The van der Waals surface area contributed by atoms with Gasteiger partial charge in [0.25, 0.3) is 0 Å². The van der Waals surface area contributed by atoms with Gasteiger partial charge in [0, 0.05) is 0 Å². The van der Waals surface area contributed by atoms with E-state index in [1.807, 2.05) is 18.2 Å². The van der Waals surface area contributed by atoms with Gasteiger partial charge in [-0.2, -0.15) is 0 Å². The lowest BCUT2D eigenvalue weighted by Crippen LogP contribution is -2.14. The smallest absolute Gasteiger partial charge is 0.423 e. The van der Waals surface area contributed by atoms with Crippen molar-refractivity contribution in [2.24, 2.45) is 0 Å². The van der Waals surface area contributed by atoms with Gasteiger partial charge in [0.2, 0.25) is 0 Å². The summed E-state index contributed by atoms with van der Waals surface area (Å²) in [6.07, 6.45) is 14.7. The molecular formula is C13H21BO2. The summed E-state index contributed by atoms with van der Waals surface area (Å²) in [5, 5.41) is 18.1. The highest BCUT2D eigenvalue weighted by molar-refractivity contribution is 6.50. The second-order valence-electron chi connectivity index (χ2n) is 4.27. The Kier molecular flexibility index (Phi) is 6.20. The fourth-order valence-electron chi connectivity index (χ4n) is 1.80. The van der Waals surface area contributed by atoms with E-state index >= 15 is 0 Å². The van der Waals surface area contributed by atoms with Crippen molar-refractivity contribution in [3.05, 3.63) is 35.3 Å². The molecule has 0 aromatic rings. The highest BCUT2D eigenvalue weighted by Gasteiger charge is 2.13. The number of allylic oxidation sites excluding steroid dienone is 6. The molecule has 3 heteroatoms. The van der Waals surface area contributed by atoms with E-state index in [4.69, 9.17) is 10.0 Å². The largest absolute Gasteiger partial charge is 0.484 e. The van der Waals surface area contributed by atoms with Crippen LogP contribution in [0.1, 0.15) is 45.4 Å². The zero-order valence-corrected chi connectivity index (χ0v) is 10.0. The lowest BCUT2D eigenvalue weighted by atomic mass is 9.77. The van der Waals surface area contributed by atoms with E-state index in [1.54, 1.807) is 0 Å². The summed E-state index contributed by atoms with van der Waals surface area (Å²) >= 11 is 0. The van der Waals surface area contributed by atoms with Gasteiger partial charge in [-0.25, -0.2) is 0 Å². The Balaban J connectivity index is 2.42. The molecule has 0 radical (unpaired) electrons. The SMILES string of the molecule is CCCCCCC1=CC=C(B(O)O)CC=C1. The van der Waals surface area contributed by atoms with E-state index in [0.717, 1.165) is 6.42 Å². The van der Waals surface area contributed by atoms with Crippen LogP contribution >= 0.6 is 0 Å². The molecule has 0 atom stereocenters. The van der Waals surface area contributed by atoms with Crippen LogP contribution in [0.4, 0.5) is 0 Å². The fraction of sp³-hybridized carbons (Fsp3) is 0.538. The lowest BCUT2D eigenvalue weighted by molar-refractivity contribution is 0.418. The molecule has 2 N–H and O–H groups in total. The third kappa shape index (κ3) is 4.82. The molecule has 1 aliphatic rings. The van der Waals surface area contributed by atoms with Crippen molar-refractivity contribution in [3.63, 3.8) is 0 Å². The van der Waals surface area contributed by atoms with Crippen molar-refractivity contribution in [3.8, 4) is 0 Å². The van der Waals surface area contributed by atoms with E-state index in [2.05, 4.69) is 13.0 Å². The molecule has 1 aliphatic carbocycles. The first-order valence-corrected chi connectivity index (χ1v) is 6.16. The van der Waals surface area contributed by atoms with Gasteiger partial charge in [-0.3, -0.25) is 0 Å². The van der Waals surface area contributed by atoms with Crippen LogP contribution < -0.4 is 0 Å². The average Bonchev–Trinajstić information content (AvgIpc) is 2.50. The molecule has 88 valence electrons. The molecule has 0 spiro atoms. The van der Waals surface area contributed by atoms with E-state index in [1.165, 1.54) is 31.3 Å². The minimum Gasteiger partial charge on any atom is -0.423 e. The van der Waals surface area contributed by atoms with Crippen LogP contribution in [-0.4, -0.2) is 17.2 Å². The molecule has 0 heterocycles. The van der Waals surface area contributed by atoms with Gasteiger partial charge in [0.05, 0.1) is 0 Å². The topological polar surface area (TPSA) is 40.5 Å². The summed E-state index contributed by atoms with van der Waals surface area (Å²) in [5.74, 6) is 0. The van der Waals surface area contributed by atoms with Crippen molar-refractivity contribution < 1.29 is 10.0 Å². The first kappa shape index (κ1) is 13.3. The molecule has 0 saturated heterocycles. The second-order valence-corrected chi connectivity index (χ2v) is 4.27. The number of hydrogen-bond acceptors (Lipinski definition) is 2. The number of hydrogen-bond donors (Lipinski definition) is 2. The Morgan fingerprint density at radius 3 is 2.69 bits per heavy atom. The van der Waals surface area contributed by atoms with E-state index < -0.39 is 7.12 Å². The first-order valence-electron chi connectivity index (χ1n) is 6.16. The average molecular weight is 220 g/mol. The van der Waals surface area contributed by atoms with Gasteiger partial charge in [-0.1, -0.05) is 50.5 Å². The monoisotopic (exact) mass is 220 g/mol. The minimum atomic E-state index is -1.32. The third-order valence-corrected chi connectivity index (χ3v) is 2.85. The molecule has 0 aromatic carbocycles. The standard InChI is InChI=1S/C13H21BO2/c1-2-3-4-5-7-12-8-6-9-13(11-10-12)14(15)16/h6,8,10-11,15-16H,2-5,7,9H2,1H3. The summed E-state index contributed by atoms with van der Waals surface area (Å²) in [7, 11) is -1.32. The first-order chi connectivity index (χ1) is 7.74. The normalized spacial score (nSPS) is 15.4. The maximum absolute atomic E-state index is 9.06. The van der Waals surface area contributed by atoms with E-state index in [9.17, 15) is 0 Å². The Hall–Kier alpha value is -0.795. The highest BCUT2D eigenvalue weighted by atomic mass is 16.4. The molecule has 2 nitrogen and oxygen atoms in total. The van der Waals surface area contributed by atoms with Gasteiger partial charge in [-0.05, 0) is 30.3 Å². The molecular weight excluding hydrogens is 199 g/mol. The Labute approximate surface area is 98.5 Å². The molecule has 1 rings (SSSR count). The van der Waals surface area contributed by atoms with E-state index in [0.29, 0.717) is 11.9 Å². The molecule has 0 amide bonds. The predicted octanol–water partition coefficient (Wildman–Crippen LogP) is 2.78. The van der Waals surface area contributed by atoms with Crippen LogP contribution in [0.15, 0.2) is 35.3 Å². The quantitative estimate of drug-likeness (QED) is 0.533. The van der Waals surface area contributed by atoms with Crippen LogP contribution in [0.2, 0.25) is 0 Å². The van der Waals surface area contributed by atoms with Crippen molar-refractivity contribution in [2.75, 3.05) is 0 Å².